The molecule has 1 aromatic rings. The fourth-order valence-corrected chi connectivity index (χ4v) is 3.02. The van der Waals surface area contributed by atoms with E-state index >= 15 is 0 Å². The summed E-state index contributed by atoms with van der Waals surface area (Å²) < 4.78 is 5.45. The molecule has 1 atom stereocenters. The summed E-state index contributed by atoms with van der Waals surface area (Å²) >= 11 is 1.66. The van der Waals surface area contributed by atoms with Gasteiger partial charge in [0.05, 0.1) is 5.51 Å². The van der Waals surface area contributed by atoms with Crippen LogP contribution >= 0.6 is 11.3 Å². The second-order valence-corrected chi connectivity index (χ2v) is 7.50. The van der Waals surface area contributed by atoms with Crippen molar-refractivity contribution < 1.29 is 9.53 Å². The van der Waals surface area contributed by atoms with Crippen molar-refractivity contribution >= 4 is 17.4 Å². The number of nitrogens with one attached hydrogen (secondary N) is 1. The number of hydrogen-bond acceptors (Lipinski definition) is 5. The first-order chi connectivity index (χ1) is 9.94. The number of carbonyl (C=O) groups excluding carboxylic acids is 1. The molecule has 1 N–H and O–H groups in total. The van der Waals surface area contributed by atoms with Crippen molar-refractivity contribution in [3.05, 3.63) is 16.6 Å². The Bertz CT molecular complexity index is 442. The van der Waals surface area contributed by atoms with Crippen LogP contribution in [0.4, 0.5) is 4.79 Å². The standard InChI is InChI=1S/C15H25N3O2S/c1-15(2,3)20-14(19)18-6-4-5-12(10-18)7-16-8-13-9-17-11-21-13/h9,11-12,16H,4-8,10H2,1-3H3/t12-/m1/s1. The van der Waals surface area contributed by atoms with Gasteiger partial charge < -0.3 is 15.0 Å². The van der Waals surface area contributed by atoms with Gasteiger partial charge in [-0.05, 0) is 46.1 Å². The molecule has 2 rings (SSSR count). The van der Waals surface area contributed by atoms with Crippen LogP contribution in [-0.4, -0.2) is 41.2 Å². The van der Waals surface area contributed by atoms with Gasteiger partial charge in [-0.15, -0.1) is 11.3 Å². The van der Waals surface area contributed by atoms with Gasteiger partial charge in [0.2, 0.25) is 0 Å². The van der Waals surface area contributed by atoms with Crippen LogP contribution in [0.1, 0.15) is 38.5 Å². The third-order valence-electron chi connectivity index (χ3n) is 3.39. The van der Waals surface area contributed by atoms with Gasteiger partial charge in [0, 0.05) is 30.7 Å². The molecule has 1 amide bonds. The van der Waals surface area contributed by atoms with E-state index in [9.17, 15) is 4.79 Å². The Labute approximate surface area is 130 Å². The second kappa shape index (κ2) is 7.22. The molecule has 5 nitrogen and oxygen atoms in total. The molecule has 6 heteroatoms. The Balaban J connectivity index is 1.74. The van der Waals surface area contributed by atoms with Gasteiger partial charge >= 0.3 is 6.09 Å². The molecule has 1 saturated heterocycles. The summed E-state index contributed by atoms with van der Waals surface area (Å²) in [5.74, 6) is 0.499. The predicted octanol–water partition coefficient (Wildman–Crippen LogP) is 2.88. The molecular weight excluding hydrogens is 286 g/mol. The molecule has 21 heavy (non-hydrogen) atoms. The maximum atomic E-state index is 12.1. The number of carbonyl (C=O) groups is 1. The quantitative estimate of drug-likeness (QED) is 0.929. The summed E-state index contributed by atoms with van der Waals surface area (Å²) in [5.41, 5.74) is 1.43. The highest BCUT2D eigenvalue weighted by Crippen LogP contribution is 2.19. The lowest BCUT2D eigenvalue weighted by molar-refractivity contribution is 0.0166. The first kappa shape index (κ1) is 16.2. The van der Waals surface area contributed by atoms with Crippen LogP contribution in [0.2, 0.25) is 0 Å². The molecule has 0 spiro atoms. The molecule has 2 heterocycles. The van der Waals surface area contributed by atoms with E-state index in [1.807, 2.05) is 37.4 Å². The Morgan fingerprint density at radius 1 is 1.57 bits per heavy atom. The second-order valence-electron chi connectivity index (χ2n) is 6.53. The summed E-state index contributed by atoms with van der Waals surface area (Å²) in [5, 5.41) is 3.46. The minimum atomic E-state index is -0.422. The number of piperidine rings is 1. The van der Waals surface area contributed by atoms with E-state index in [-0.39, 0.29) is 6.09 Å². The third kappa shape index (κ3) is 5.63. The van der Waals surface area contributed by atoms with Crippen LogP contribution < -0.4 is 5.32 Å². The molecule has 1 aliphatic heterocycles. The largest absolute Gasteiger partial charge is 0.444 e. The zero-order valence-corrected chi connectivity index (χ0v) is 13.9. The van der Waals surface area contributed by atoms with E-state index in [2.05, 4.69) is 10.3 Å². The van der Waals surface area contributed by atoms with Crippen LogP contribution in [0.15, 0.2) is 11.7 Å². The highest BCUT2D eigenvalue weighted by Gasteiger charge is 2.27. The molecular formula is C15H25N3O2S. The Morgan fingerprint density at radius 2 is 2.38 bits per heavy atom. The molecule has 0 aromatic carbocycles. The van der Waals surface area contributed by atoms with Gasteiger partial charge in [-0.2, -0.15) is 0 Å². The minimum Gasteiger partial charge on any atom is -0.444 e. The number of amides is 1. The van der Waals surface area contributed by atoms with E-state index < -0.39 is 5.60 Å². The van der Waals surface area contributed by atoms with E-state index in [0.717, 1.165) is 39.0 Å². The van der Waals surface area contributed by atoms with Gasteiger partial charge in [-0.1, -0.05) is 0 Å². The summed E-state index contributed by atoms with van der Waals surface area (Å²) in [4.78, 5) is 19.2. The molecule has 0 bridgehead atoms. The highest BCUT2D eigenvalue weighted by molar-refractivity contribution is 7.09. The van der Waals surface area contributed by atoms with E-state index in [1.165, 1.54) is 4.88 Å². The molecule has 0 aliphatic carbocycles. The average Bonchev–Trinajstić information content (AvgIpc) is 2.90. The van der Waals surface area contributed by atoms with Crippen LogP contribution in [0.5, 0.6) is 0 Å². The molecule has 0 unspecified atom stereocenters. The lowest BCUT2D eigenvalue weighted by Gasteiger charge is -2.34. The monoisotopic (exact) mass is 311 g/mol. The fourth-order valence-electron chi connectivity index (χ4n) is 2.45. The van der Waals surface area contributed by atoms with Crippen molar-refractivity contribution in [2.45, 2.75) is 45.8 Å². The zero-order chi connectivity index (χ0) is 15.3. The number of aromatic nitrogens is 1. The van der Waals surface area contributed by atoms with Gasteiger partial charge in [0.1, 0.15) is 5.60 Å². The van der Waals surface area contributed by atoms with E-state index in [1.54, 1.807) is 11.3 Å². The van der Waals surface area contributed by atoms with Gasteiger partial charge in [0.25, 0.3) is 0 Å². The fraction of sp³-hybridized carbons (Fsp3) is 0.733. The maximum absolute atomic E-state index is 12.1. The number of ether oxygens (including phenoxy) is 1. The minimum absolute atomic E-state index is 0.186. The number of rotatable bonds is 4. The van der Waals surface area contributed by atoms with Gasteiger partial charge in [0.15, 0.2) is 0 Å². The Hall–Kier alpha value is -1.14. The van der Waals surface area contributed by atoms with E-state index in [4.69, 9.17) is 4.74 Å². The molecule has 1 aromatic heterocycles. The van der Waals surface area contributed by atoms with Crippen molar-refractivity contribution in [3.63, 3.8) is 0 Å². The van der Waals surface area contributed by atoms with Crippen LogP contribution in [0.25, 0.3) is 0 Å². The summed E-state index contributed by atoms with van der Waals surface area (Å²) in [6.45, 7) is 9.09. The van der Waals surface area contributed by atoms with Crippen molar-refractivity contribution in [1.29, 1.82) is 0 Å². The highest BCUT2D eigenvalue weighted by atomic mass is 32.1. The molecule has 0 radical (unpaired) electrons. The molecule has 1 aliphatic rings. The van der Waals surface area contributed by atoms with Crippen LogP contribution in [-0.2, 0) is 11.3 Å². The first-order valence-electron chi connectivity index (χ1n) is 7.50. The summed E-state index contributed by atoms with van der Waals surface area (Å²) in [6, 6.07) is 0. The zero-order valence-electron chi connectivity index (χ0n) is 13.1. The lowest BCUT2D eigenvalue weighted by Crippen LogP contribution is -2.44. The Kier molecular flexibility index (Phi) is 5.58. The van der Waals surface area contributed by atoms with Crippen LogP contribution in [0, 0.1) is 5.92 Å². The lowest BCUT2D eigenvalue weighted by atomic mass is 9.98. The van der Waals surface area contributed by atoms with Gasteiger partial charge in [-0.3, -0.25) is 4.98 Å². The SMILES string of the molecule is CC(C)(C)OC(=O)N1CCC[C@H](CNCc2cncs2)C1. The summed E-state index contributed by atoms with van der Waals surface area (Å²) in [6.07, 6.45) is 3.92. The van der Waals surface area contributed by atoms with Crippen molar-refractivity contribution in [1.82, 2.24) is 15.2 Å². The first-order valence-corrected chi connectivity index (χ1v) is 8.38. The third-order valence-corrected chi connectivity index (χ3v) is 4.17. The molecule has 0 saturated carbocycles. The van der Waals surface area contributed by atoms with Gasteiger partial charge in [-0.25, -0.2) is 4.79 Å². The number of likely N-dealkylation sites (tertiary alicyclic amines) is 1. The maximum Gasteiger partial charge on any atom is 0.410 e. The number of nitrogens with zero attached hydrogens (tertiary/aromatic N) is 2. The molecule has 118 valence electrons. The van der Waals surface area contributed by atoms with Crippen LogP contribution in [0.3, 0.4) is 0 Å². The normalized spacial score (nSPS) is 19.6. The number of thiazole rings is 1. The van der Waals surface area contributed by atoms with Crippen molar-refractivity contribution in [2.75, 3.05) is 19.6 Å². The summed E-state index contributed by atoms with van der Waals surface area (Å²) in [7, 11) is 0. The average molecular weight is 311 g/mol. The number of hydrogen-bond donors (Lipinski definition) is 1. The topological polar surface area (TPSA) is 54.5 Å². The Morgan fingerprint density at radius 3 is 3.05 bits per heavy atom. The molecule has 1 fully saturated rings. The van der Waals surface area contributed by atoms with Crippen molar-refractivity contribution in [3.8, 4) is 0 Å². The smallest absolute Gasteiger partial charge is 0.410 e. The van der Waals surface area contributed by atoms with Crippen molar-refractivity contribution in [2.24, 2.45) is 5.92 Å². The van der Waals surface area contributed by atoms with E-state index in [0.29, 0.717) is 5.92 Å². The predicted molar refractivity (Wildman–Crippen MR) is 84.4 cm³/mol.